The fourth-order valence-corrected chi connectivity index (χ4v) is 7.75. The zero-order chi connectivity index (χ0) is 38.6. The average Bonchev–Trinajstić information content (AvgIpc) is 3.65. The van der Waals surface area contributed by atoms with E-state index in [0.717, 1.165) is 25.7 Å². The summed E-state index contributed by atoms with van der Waals surface area (Å²) < 4.78 is 20.4. The quantitative estimate of drug-likeness (QED) is 0.284. The van der Waals surface area contributed by atoms with Crippen molar-refractivity contribution in [3.63, 3.8) is 0 Å². The van der Waals surface area contributed by atoms with Gasteiger partial charge < -0.3 is 36.2 Å². The van der Waals surface area contributed by atoms with Gasteiger partial charge in [-0.3, -0.25) is 24.0 Å². The van der Waals surface area contributed by atoms with Gasteiger partial charge >= 0.3 is 0 Å². The third kappa shape index (κ3) is 10.8. The number of halogens is 1. The fourth-order valence-electron chi connectivity index (χ4n) is 7.75. The van der Waals surface area contributed by atoms with Gasteiger partial charge in [0.2, 0.25) is 23.6 Å². The van der Waals surface area contributed by atoms with Crippen LogP contribution in [0.25, 0.3) is 0 Å². The summed E-state index contributed by atoms with van der Waals surface area (Å²) >= 11 is 0. The van der Waals surface area contributed by atoms with Gasteiger partial charge in [-0.1, -0.05) is 44.2 Å². The van der Waals surface area contributed by atoms with Crippen LogP contribution in [0.4, 0.5) is 4.39 Å². The lowest BCUT2D eigenvalue weighted by atomic mass is 9.90. The Morgan fingerprint density at radius 3 is 2.39 bits per heavy atom. The highest BCUT2D eigenvalue weighted by Gasteiger charge is 2.37. The molecule has 2 saturated heterocycles. The van der Waals surface area contributed by atoms with E-state index in [9.17, 15) is 28.4 Å². The van der Waals surface area contributed by atoms with Crippen molar-refractivity contribution in [3.8, 4) is 5.75 Å². The van der Waals surface area contributed by atoms with Crippen LogP contribution in [0.2, 0.25) is 0 Å². The highest BCUT2D eigenvalue weighted by molar-refractivity contribution is 6.00. The molecule has 2 fully saturated rings. The summed E-state index contributed by atoms with van der Waals surface area (Å²) in [6.07, 6.45) is 6.02. The van der Waals surface area contributed by atoms with Gasteiger partial charge in [-0.15, -0.1) is 0 Å². The van der Waals surface area contributed by atoms with Crippen molar-refractivity contribution in [3.05, 3.63) is 65.5 Å². The normalized spacial score (nSPS) is 23.7. The Morgan fingerprint density at radius 2 is 1.65 bits per heavy atom. The van der Waals surface area contributed by atoms with Gasteiger partial charge in [-0.05, 0) is 106 Å². The molecule has 0 unspecified atom stereocenters. The summed E-state index contributed by atoms with van der Waals surface area (Å²) in [4.78, 5) is 72.6. The van der Waals surface area contributed by atoms with Gasteiger partial charge in [0.15, 0.2) is 0 Å². The molecule has 13 heteroatoms. The van der Waals surface area contributed by atoms with Crippen molar-refractivity contribution in [1.82, 2.24) is 25.8 Å². The number of nitrogens with one attached hydrogen (secondary N) is 3. The number of nitrogens with zero attached hydrogens (tertiary/aromatic N) is 2. The third-order valence-electron chi connectivity index (χ3n) is 11.0. The predicted octanol–water partition coefficient (Wildman–Crippen LogP) is 3.71. The number of carbonyl (C=O) groups excluding carboxylic acids is 5. The van der Waals surface area contributed by atoms with Crippen LogP contribution in [0.15, 0.2) is 48.5 Å². The van der Waals surface area contributed by atoms with Crippen LogP contribution in [0.5, 0.6) is 5.75 Å². The highest BCUT2D eigenvalue weighted by atomic mass is 19.1. The van der Waals surface area contributed by atoms with E-state index in [1.54, 1.807) is 46.2 Å². The number of piperidine rings is 1. The van der Waals surface area contributed by atoms with Gasteiger partial charge in [-0.25, -0.2) is 4.39 Å². The average molecular weight is 749 g/mol. The number of hydrogen-bond donors (Lipinski definition) is 4. The number of nitrogens with two attached hydrogens (primary N) is 1. The number of likely N-dealkylation sites (tertiary alicyclic amines) is 1. The zero-order valence-electron chi connectivity index (χ0n) is 31.7. The zero-order valence-corrected chi connectivity index (χ0v) is 31.7. The van der Waals surface area contributed by atoms with Gasteiger partial charge in [0.25, 0.3) is 5.91 Å². The van der Waals surface area contributed by atoms with Crippen LogP contribution in [-0.2, 0) is 25.6 Å². The molecule has 0 saturated carbocycles. The van der Waals surface area contributed by atoms with Crippen LogP contribution < -0.4 is 26.4 Å². The number of para-hydroxylation sites is 1. The van der Waals surface area contributed by atoms with Crippen LogP contribution in [0.3, 0.4) is 0 Å². The third-order valence-corrected chi connectivity index (χ3v) is 11.0. The molecule has 0 spiro atoms. The minimum Gasteiger partial charge on any atom is -0.491 e. The van der Waals surface area contributed by atoms with Gasteiger partial charge in [0.05, 0.1) is 11.6 Å². The van der Waals surface area contributed by atoms with Gasteiger partial charge in [0, 0.05) is 26.1 Å². The van der Waals surface area contributed by atoms with E-state index in [1.807, 2.05) is 19.9 Å². The number of rotatable bonds is 9. The monoisotopic (exact) mass is 748 g/mol. The summed E-state index contributed by atoms with van der Waals surface area (Å²) in [5, 5.41) is 8.69. The number of ether oxygens (including phenoxy) is 1. The molecule has 3 aliphatic heterocycles. The van der Waals surface area contributed by atoms with Crippen molar-refractivity contribution in [2.45, 2.75) is 109 Å². The first-order valence-corrected chi connectivity index (χ1v) is 19.7. The largest absolute Gasteiger partial charge is 0.491 e. The maximum Gasteiger partial charge on any atom is 0.255 e. The molecule has 294 valence electrons. The molecular formula is C41H57FN6O6. The molecule has 12 nitrogen and oxygen atoms in total. The van der Waals surface area contributed by atoms with Crippen LogP contribution in [0.1, 0.15) is 94.0 Å². The van der Waals surface area contributed by atoms with E-state index in [1.165, 1.54) is 6.07 Å². The fraction of sp³-hybridized carbons (Fsp3) is 0.585. The van der Waals surface area contributed by atoms with Crippen molar-refractivity contribution in [1.29, 1.82) is 0 Å². The molecular weight excluding hydrogens is 691 g/mol. The van der Waals surface area contributed by atoms with E-state index in [2.05, 4.69) is 16.0 Å². The summed E-state index contributed by atoms with van der Waals surface area (Å²) in [6.45, 7) is 5.73. The van der Waals surface area contributed by atoms with E-state index >= 15 is 0 Å². The summed E-state index contributed by atoms with van der Waals surface area (Å²) in [6, 6.07) is 10.6. The minimum absolute atomic E-state index is 0.0102. The molecule has 5 amide bonds. The summed E-state index contributed by atoms with van der Waals surface area (Å²) in [7, 11) is 0. The van der Waals surface area contributed by atoms with Crippen LogP contribution in [-0.4, -0.2) is 96.3 Å². The van der Waals surface area contributed by atoms with Crippen molar-refractivity contribution in [2.24, 2.45) is 17.6 Å². The number of aryl methyl sites for hydroxylation is 1. The van der Waals surface area contributed by atoms with E-state index < -0.39 is 35.8 Å². The Bertz CT molecular complexity index is 1610. The topological polar surface area (TPSA) is 163 Å². The van der Waals surface area contributed by atoms with E-state index in [0.29, 0.717) is 75.5 Å². The number of fused-ring (bicyclic) bond motifs is 2. The maximum absolute atomic E-state index is 14.2. The Kier molecular flexibility index (Phi) is 14.8. The van der Waals surface area contributed by atoms with Crippen molar-refractivity contribution in [2.75, 3.05) is 32.8 Å². The SMILES string of the molecule is CC(C)[C@H]1NC(=O)CC[C@@H](C(=O)N2CCC(CCc3ccccc3F)CC2)NC(=O)c2ccccc2OC[C@H]2CCCN2C(=O)[C@H](CCCCN)NC1=O. The van der Waals surface area contributed by atoms with E-state index in [4.69, 9.17) is 10.5 Å². The second-order valence-corrected chi connectivity index (χ2v) is 15.2. The highest BCUT2D eigenvalue weighted by Crippen LogP contribution is 2.26. The molecule has 0 bridgehead atoms. The number of hydrogen-bond acceptors (Lipinski definition) is 7. The molecule has 54 heavy (non-hydrogen) atoms. The molecule has 2 aromatic rings. The number of amides is 5. The Morgan fingerprint density at radius 1 is 0.907 bits per heavy atom. The summed E-state index contributed by atoms with van der Waals surface area (Å²) in [5.41, 5.74) is 6.67. The first-order chi connectivity index (χ1) is 26.0. The molecule has 0 aliphatic carbocycles. The molecule has 2 aromatic carbocycles. The second kappa shape index (κ2) is 19.7. The number of benzene rings is 2. The molecule has 4 atom stereocenters. The van der Waals surface area contributed by atoms with Gasteiger partial charge in [-0.2, -0.15) is 0 Å². The van der Waals surface area contributed by atoms with E-state index in [-0.39, 0.29) is 54.6 Å². The number of carbonyl (C=O) groups is 5. The first kappa shape index (κ1) is 40.7. The first-order valence-electron chi connectivity index (χ1n) is 19.7. The Labute approximate surface area is 318 Å². The summed E-state index contributed by atoms with van der Waals surface area (Å²) in [5.74, 6) is -1.75. The van der Waals surface area contributed by atoms with Crippen LogP contribution >= 0.6 is 0 Å². The Hall–Kier alpha value is -4.52. The second-order valence-electron chi connectivity index (χ2n) is 15.2. The van der Waals surface area contributed by atoms with Crippen LogP contribution in [0, 0.1) is 17.7 Å². The van der Waals surface area contributed by atoms with Gasteiger partial charge in [0.1, 0.15) is 36.3 Å². The molecule has 5 N–H and O–H groups in total. The smallest absolute Gasteiger partial charge is 0.255 e. The maximum atomic E-state index is 14.2. The molecule has 0 radical (unpaired) electrons. The van der Waals surface area contributed by atoms with Crippen molar-refractivity contribution >= 4 is 29.5 Å². The molecule has 3 aliphatic rings. The molecule has 0 aromatic heterocycles. The Balaban J connectivity index is 1.35. The number of unbranched alkanes of at least 4 members (excludes halogenated alkanes) is 1. The predicted molar refractivity (Wildman–Crippen MR) is 203 cm³/mol. The lowest BCUT2D eigenvalue weighted by Gasteiger charge is -2.35. The molecule has 5 rings (SSSR count). The minimum atomic E-state index is -1.01. The molecule has 3 heterocycles. The van der Waals surface area contributed by atoms with Crippen molar-refractivity contribution < 1.29 is 33.1 Å². The standard InChI is InChI=1S/C41H57FN6O6/c1-27(2)37-39(51)45-33(14-7-8-22-43)41(53)48-23-9-11-30(48)26-54-35-15-6-4-12-31(35)38(50)44-34(18-19-36(49)46-37)40(52)47-24-20-28(21-25-47)16-17-29-10-3-5-13-32(29)42/h3-6,10,12-13,15,27-28,30,33-34,37H,7-9,11,14,16-26,43H2,1-2H3,(H,44,50)(H,45,51)(H,46,49)/t30-,33+,34+,37-/m1/s1. The lowest BCUT2D eigenvalue weighted by molar-refractivity contribution is -0.139. The lowest BCUT2D eigenvalue weighted by Crippen LogP contribution is -2.57.